The zero-order chi connectivity index (χ0) is 35.1. The third-order valence-electron chi connectivity index (χ3n) is 8.39. The Labute approximate surface area is 290 Å². The van der Waals surface area contributed by atoms with Crippen molar-refractivity contribution >= 4 is 13.7 Å². The normalized spacial score (nSPS) is 15.0. The molecular weight excluding hydrogens is 611 g/mol. The van der Waals surface area contributed by atoms with Gasteiger partial charge in [0.2, 0.25) is 5.91 Å². The van der Waals surface area contributed by atoms with Crippen molar-refractivity contribution in [3.63, 3.8) is 0 Å². The van der Waals surface area contributed by atoms with Gasteiger partial charge in [0.15, 0.2) is 0 Å². The van der Waals surface area contributed by atoms with E-state index in [1.165, 1.54) is 116 Å². The number of hydrogen-bond donors (Lipinski definition) is 3. The third kappa shape index (κ3) is 33.3. The van der Waals surface area contributed by atoms with Crippen LogP contribution in [-0.2, 0) is 18.4 Å². The first-order valence-electron chi connectivity index (χ1n) is 19.2. The molecule has 3 atom stereocenters. The lowest BCUT2D eigenvalue weighted by atomic mass is 10.0. The SMILES string of the molecule is CCCCCCCCCCCCCCCCCCCC/C=C/CC/C=C/C(O)C(COP(=O)(O)OCC[N+](C)(C)C)NC(=O)CCC. The van der Waals surface area contributed by atoms with Gasteiger partial charge >= 0.3 is 7.82 Å². The molecule has 0 aromatic heterocycles. The second kappa shape index (κ2) is 31.0. The Bertz CT molecular complexity index is 829. The average molecular weight is 688 g/mol. The van der Waals surface area contributed by atoms with Crippen molar-refractivity contribution in [2.24, 2.45) is 0 Å². The van der Waals surface area contributed by atoms with E-state index in [0.717, 1.165) is 19.3 Å². The molecule has 3 unspecified atom stereocenters. The van der Waals surface area contributed by atoms with Crippen molar-refractivity contribution in [3.05, 3.63) is 24.3 Å². The number of nitrogens with one attached hydrogen (secondary N) is 1. The molecule has 0 aliphatic rings. The summed E-state index contributed by atoms with van der Waals surface area (Å²) in [5.41, 5.74) is 0. The predicted octanol–water partition coefficient (Wildman–Crippen LogP) is 9.80. The Morgan fingerprint density at radius 1 is 0.702 bits per heavy atom. The number of phosphoric acid groups is 1. The number of aliphatic hydroxyl groups is 1. The molecule has 0 saturated carbocycles. The van der Waals surface area contributed by atoms with Gasteiger partial charge < -0.3 is 19.8 Å². The molecule has 8 nitrogen and oxygen atoms in total. The van der Waals surface area contributed by atoms with E-state index in [1.54, 1.807) is 6.08 Å². The highest BCUT2D eigenvalue weighted by Gasteiger charge is 2.27. The first-order chi connectivity index (χ1) is 22.5. The molecule has 0 radical (unpaired) electrons. The number of allylic oxidation sites excluding steroid dienone is 3. The summed E-state index contributed by atoms with van der Waals surface area (Å²) < 4.78 is 23.1. The van der Waals surface area contributed by atoms with Crippen LogP contribution in [0.2, 0.25) is 0 Å². The maximum absolute atomic E-state index is 12.3. The molecule has 0 saturated heterocycles. The Hall–Kier alpha value is -1.02. The Morgan fingerprint density at radius 2 is 1.17 bits per heavy atom. The first kappa shape index (κ1) is 46.0. The summed E-state index contributed by atoms with van der Waals surface area (Å²) in [6.45, 7) is 4.42. The van der Waals surface area contributed by atoms with Crippen molar-refractivity contribution in [2.45, 2.75) is 174 Å². The monoisotopic (exact) mass is 688 g/mol. The van der Waals surface area contributed by atoms with Crippen LogP contribution in [0, 0.1) is 0 Å². The number of likely N-dealkylation sites (N-methyl/N-ethyl adjacent to an activating group) is 1. The van der Waals surface area contributed by atoms with E-state index in [9.17, 15) is 19.4 Å². The lowest BCUT2D eigenvalue weighted by molar-refractivity contribution is -0.870. The number of amides is 1. The molecule has 0 bridgehead atoms. The summed E-state index contributed by atoms with van der Waals surface area (Å²) in [5.74, 6) is -0.241. The number of unbranched alkanes of at least 4 members (excludes halogenated alkanes) is 19. The van der Waals surface area contributed by atoms with Gasteiger partial charge in [0.25, 0.3) is 0 Å². The van der Waals surface area contributed by atoms with Gasteiger partial charge in [0.1, 0.15) is 13.2 Å². The first-order valence-corrected chi connectivity index (χ1v) is 20.7. The number of carbonyl (C=O) groups excluding carboxylic acids is 1. The minimum absolute atomic E-state index is 0.0552. The second-order valence-corrected chi connectivity index (χ2v) is 15.8. The molecule has 0 aromatic carbocycles. The maximum Gasteiger partial charge on any atom is 0.472 e. The molecule has 0 spiro atoms. The van der Waals surface area contributed by atoms with Crippen LogP contribution < -0.4 is 5.32 Å². The summed E-state index contributed by atoms with van der Waals surface area (Å²) in [6.07, 6.45) is 35.6. The quantitative estimate of drug-likeness (QED) is 0.0269. The maximum atomic E-state index is 12.3. The molecule has 1 amide bonds. The van der Waals surface area contributed by atoms with E-state index in [0.29, 0.717) is 23.9 Å². The van der Waals surface area contributed by atoms with Crippen LogP contribution >= 0.6 is 7.82 Å². The summed E-state index contributed by atoms with van der Waals surface area (Å²) >= 11 is 0. The summed E-state index contributed by atoms with van der Waals surface area (Å²) in [5, 5.41) is 13.4. The molecule has 9 heteroatoms. The molecule has 0 heterocycles. The lowest BCUT2D eigenvalue weighted by Crippen LogP contribution is -2.45. The number of phosphoric ester groups is 1. The molecule has 0 aromatic rings. The number of aliphatic hydroxyl groups excluding tert-OH is 1. The van der Waals surface area contributed by atoms with Gasteiger partial charge in [-0.3, -0.25) is 13.8 Å². The molecule has 278 valence electrons. The Morgan fingerprint density at radius 3 is 1.66 bits per heavy atom. The fourth-order valence-corrected chi connectivity index (χ4v) is 6.07. The number of nitrogens with zero attached hydrogens (tertiary/aromatic N) is 1. The van der Waals surface area contributed by atoms with Crippen LogP contribution in [-0.4, -0.2) is 73.4 Å². The van der Waals surface area contributed by atoms with Gasteiger partial charge in [-0.2, -0.15) is 0 Å². The van der Waals surface area contributed by atoms with Gasteiger partial charge in [-0.1, -0.05) is 147 Å². The van der Waals surface area contributed by atoms with Crippen molar-refractivity contribution < 1.29 is 32.9 Å². The van der Waals surface area contributed by atoms with Crippen LogP contribution in [0.25, 0.3) is 0 Å². The molecule has 47 heavy (non-hydrogen) atoms. The average Bonchev–Trinajstić information content (AvgIpc) is 3.00. The summed E-state index contributed by atoms with van der Waals surface area (Å²) in [4.78, 5) is 22.2. The van der Waals surface area contributed by atoms with E-state index in [4.69, 9.17) is 9.05 Å². The molecule has 3 N–H and O–H groups in total. The van der Waals surface area contributed by atoms with Crippen LogP contribution in [0.3, 0.4) is 0 Å². The van der Waals surface area contributed by atoms with Crippen molar-refractivity contribution in [1.29, 1.82) is 0 Å². The van der Waals surface area contributed by atoms with Gasteiger partial charge in [0.05, 0.1) is 39.9 Å². The van der Waals surface area contributed by atoms with Crippen molar-refractivity contribution in [2.75, 3.05) is 40.9 Å². The molecule has 0 aliphatic heterocycles. The number of carbonyl (C=O) groups is 1. The van der Waals surface area contributed by atoms with Crippen LogP contribution in [0.5, 0.6) is 0 Å². The zero-order valence-corrected chi connectivity index (χ0v) is 32.2. The predicted molar refractivity (Wildman–Crippen MR) is 198 cm³/mol. The van der Waals surface area contributed by atoms with Gasteiger partial charge in [-0.25, -0.2) is 4.57 Å². The Balaban J connectivity index is 3.97. The topological polar surface area (TPSA) is 105 Å². The van der Waals surface area contributed by atoms with E-state index >= 15 is 0 Å². The lowest BCUT2D eigenvalue weighted by Gasteiger charge is -2.25. The van der Waals surface area contributed by atoms with E-state index in [-0.39, 0.29) is 19.1 Å². The number of quaternary nitrogens is 1. The van der Waals surface area contributed by atoms with Crippen LogP contribution in [0.1, 0.15) is 162 Å². The van der Waals surface area contributed by atoms with Gasteiger partial charge in [-0.15, -0.1) is 0 Å². The van der Waals surface area contributed by atoms with Gasteiger partial charge in [-0.05, 0) is 32.1 Å². The fourth-order valence-electron chi connectivity index (χ4n) is 5.34. The minimum atomic E-state index is -4.31. The standard InChI is InChI=1S/C38H75N2O6P/c1-6-8-9-10-11-12-13-14-15-16-17-18-19-20-21-22-23-24-25-26-27-28-29-30-32-37(41)36(39-38(42)31-7-2)35-46-47(43,44)45-34-33-40(3,4)5/h26-27,30,32,36-37,41H,6-25,28-29,31,33-35H2,1-5H3,(H-,39,42,43,44)/p+1/b27-26+,32-30+. The van der Waals surface area contributed by atoms with Crippen LogP contribution in [0.4, 0.5) is 0 Å². The highest BCUT2D eigenvalue weighted by atomic mass is 31.2. The summed E-state index contributed by atoms with van der Waals surface area (Å²) in [6, 6.07) is -0.854. The highest BCUT2D eigenvalue weighted by molar-refractivity contribution is 7.47. The highest BCUT2D eigenvalue weighted by Crippen LogP contribution is 2.43. The Kier molecular flexibility index (Phi) is 30.3. The summed E-state index contributed by atoms with van der Waals surface area (Å²) in [7, 11) is 1.55. The van der Waals surface area contributed by atoms with Crippen LogP contribution in [0.15, 0.2) is 24.3 Å². The molecule has 0 aliphatic carbocycles. The van der Waals surface area contributed by atoms with Crippen molar-refractivity contribution in [3.8, 4) is 0 Å². The third-order valence-corrected chi connectivity index (χ3v) is 9.38. The van der Waals surface area contributed by atoms with E-state index in [1.807, 2.05) is 34.1 Å². The van der Waals surface area contributed by atoms with E-state index in [2.05, 4.69) is 24.4 Å². The minimum Gasteiger partial charge on any atom is -0.387 e. The molecule has 0 rings (SSSR count). The second-order valence-electron chi connectivity index (χ2n) is 14.3. The molecular formula is C38H76N2O6P+. The van der Waals surface area contributed by atoms with E-state index < -0.39 is 20.0 Å². The van der Waals surface area contributed by atoms with Gasteiger partial charge in [0, 0.05) is 6.42 Å². The smallest absolute Gasteiger partial charge is 0.387 e. The number of hydrogen-bond acceptors (Lipinski definition) is 5. The fraction of sp³-hybridized carbons (Fsp3) is 0.868. The largest absolute Gasteiger partial charge is 0.472 e. The zero-order valence-electron chi connectivity index (χ0n) is 31.3. The number of rotatable bonds is 34. The molecule has 0 fully saturated rings. The van der Waals surface area contributed by atoms with Crippen molar-refractivity contribution in [1.82, 2.24) is 5.32 Å².